The van der Waals surface area contributed by atoms with Gasteiger partial charge >= 0.3 is 12.3 Å². The predicted octanol–water partition coefficient (Wildman–Crippen LogP) is 3.92. The molecule has 2 aliphatic heterocycles. The van der Waals surface area contributed by atoms with Crippen molar-refractivity contribution in [2.75, 3.05) is 13.7 Å². The second kappa shape index (κ2) is 15.3. The molecule has 1 aromatic carbocycles. The molecule has 3 heterocycles. The molecule has 2 saturated carbocycles. The maximum Gasteiger partial charge on any atom is 0.427 e. The van der Waals surface area contributed by atoms with Gasteiger partial charge in [0.2, 0.25) is 33.3 Å². The van der Waals surface area contributed by atoms with Crippen LogP contribution in [0.15, 0.2) is 36.5 Å². The summed E-state index contributed by atoms with van der Waals surface area (Å²) in [5.41, 5.74) is -3.53. The van der Waals surface area contributed by atoms with E-state index in [2.05, 4.69) is 25.3 Å². The van der Waals surface area contributed by atoms with Crippen LogP contribution in [0.3, 0.4) is 0 Å². The SMILES string of the molecule is COc1ccc2ncc(OC3CC4C(=O)NC5(C(=O)NS(=O)(=O)C6CC6)CC5C=CC(C)CCCC(C)C(NC(=O)OC(C)(C)C(F)(F)F)C(=O)N4C3)nc2c1. The average Bonchev–Trinajstić information content (AvgIpc) is 4.05. The number of allylic oxidation sites excluding steroid dienone is 1. The quantitative estimate of drug-likeness (QED) is 0.327. The Morgan fingerprint density at radius 2 is 1.79 bits per heavy atom. The molecule has 306 valence electrons. The number of fused-ring (bicyclic) bond motifs is 3. The predicted molar refractivity (Wildman–Crippen MR) is 195 cm³/mol. The van der Waals surface area contributed by atoms with E-state index >= 15 is 0 Å². The number of carbonyl (C=O) groups is 4. The highest BCUT2D eigenvalue weighted by molar-refractivity contribution is 7.91. The topological polar surface area (TPSA) is 195 Å². The van der Waals surface area contributed by atoms with Gasteiger partial charge < -0.3 is 29.7 Å². The fourth-order valence-electron chi connectivity index (χ4n) is 7.09. The first-order chi connectivity index (χ1) is 26.2. The van der Waals surface area contributed by atoms with Crippen molar-refractivity contribution < 1.29 is 55.0 Å². The Hall–Kier alpha value is -4.68. The lowest BCUT2D eigenvalue weighted by atomic mass is 9.92. The van der Waals surface area contributed by atoms with Crippen molar-refractivity contribution in [2.45, 2.75) is 113 Å². The molecule has 3 N–H and O–H groups in total. The molecule has 56 heavy (non-hydrogen) atoms. The molecule has 2 aliphatic carbocycles. The zero-order valence-corrected chi connectivity index (χ0v) is 32.5. The molecule has 4 aliphatic rings. The Morgan fingerprint density at radius 1 is 1.05 bits per heavy atom. The van der Waals surface area contributed by atoms with Crippen molar-refractivity contribution in [1.29, 1.82) is 0 Å². The normalized spacial score (nSPS) is 28.9. The molecule has 1 saturated heterocycles. The molecule has 0 radical (unpaired) electrons. The van der Waals surface area contributed by atoms with Crippen LogP contribution in [0.5, 0.6) is 11.6 Å². The van der Waals surface area contributed by atoms with Crippen LogP contribution in [0.4, 0.5) is 18.0 Å². The van der Waals surface area contributed by atoms with Crippen molar-refractivity contribution in [2.24, 2.45) is 17.8 Å². The van der Waals surface area contributed by atoms with E-state index in [4.69, 9.17) is 14.2 Å². The number of alkyl carbamates (subject to hydrolysis) is 1. The minimum Gasteiger partial charge on any atom is -0.497 e. The number of ether oxygens (including phenoxy) is 3. The highest BCUT2D eigenvalue weighted by atomic mass is 32.2. The first-order valence-electron chi connectivity index (χ1n) is 18.6. The zero-order chi connectivity index (χ0) is 40.8. The van der Waals surface area contributed by atoms with Crippen LogP contribution in [0.25, 0.3) is 11.0 Å². The molecule has 15 nitrogen and oxygen atoms in total. The number of amides is 4. The smallest absolute Gasteiger partial charge is 0.427 e. The number of nitrogens with one attached hydrogen (secondary N) is 3. The van der Waals surface area contributed by atoms with Crippen molar-refractivity contribution >= 4 is 44.9 Å². The highest BCUT2D eigenvalue weighted by Crippen LogP contribution is 2.46. The van der Waals surface area contributed by atoms with Gasteiger partial charge in [-0.3, -0.25) is 19.1 Å². The van der Waals surface area contributed by atoms with Crippen molar-refractivity contribution in [3.63, 3.8) is 0 Å². The van der Waals surface area contributed by atoms with Gasteiger partial charge in [-0.25, -0.2) is 23.2 Å². The summed E-state index contributed by atoms with van der Waals surface area (Å²) in [5.74, 6) is -3.09. The lowest BCUT2D eigenvalue weighted by Crippen LogP contribution is -2.59. The van der Waals surface area contributed by atoms with Crippen LogP contribution < -0.4 is 24.8 Å². The van der Waals surface area contributed by atoms with E-state index < -0.39 is 86.4 Å². The van der Waals surface area contributed by atoms with Gasteiger partial charge in [0.05, 0.1) is 36.1 Å². The van der Waals surface area contributed by atoms with Gasteiger partial charge in [-0.1, -0.05) is 32.4 Å². The van der Waals surface area contributed by atoms with E-state index in [0.717, 1.165) is 4.90 Å². The molecule has 4 amide bonds. The maximum atomic E-state index is 14.6. The number of carbonyl (C=O) groups excluding carboxylic acids is 4. The van der Waals surface area contributed by atoms with Gasteiger partial charge in [-0.15, -0.1) is 0 Å². The van der Waals surface area contributed by atoms with Gasteiger partial charge in [0.25, 0.3) is 5.91 Å². The molecule has 0 spiro atoms. The van der Waals surface area contributed by atoms with Crippen molar-refractivity contribution in [3.05, 3.63) is 36.5 Å². The average molecular weight is 809 g/mol. The monoisotopic (exact) mass is 808 g/mol. The molecule has 1 aromatic heterocycles. The lowest BCUT2D eigenvalue weighted by Gasteiger charge is -2.33. The zero-order valence-electron chi connectivity index (χ0n) is 31.7. The molecular weight excluding hydrogens is 762 g/mol. The number of halogens is 3. The number of benzene rings is 1. The van der Waals surface area contributed by atoms with E-state index in [1.807, 2.05) is 13.0 Å². The Bertz CT molecular complexity index is 2010. The Labute approximate surface area is 322 Å². The van der Waals surface area contributed by atoms with Gasteiger partial charge in [-0.2, -0.15) is 13.2 Å². The summed E-state index contributed by atoms with van der Waals surface area (Å²) in [6.45, 7) is 4.75. The minimum absolute atomic E-state index is 0.0282. The van der Waals surface area contributed by atoms with E-state index in [1.165, 1.54) is 13.3 Å². The number of nitrogens with zero attached hydrogens (tertiary/aromatic N) is 3. The van der Waals surface area contributed by atoms with Crippen molar-refractivity contribution in [1.82, 2.24) is 30.2 Å². The van der Waals surface area contributed by atoms with Crippen molar-refractivity contribution in [3.8, 4) is 11.6 Å². The summed E-state index contributed by atoms with van der Waals surface area (Å²) in [6, 6.07) is 2.32. The Morgan fingerprint density at radius 3 is 2.46 bits per heavy atom. The second-order valence-electron chi connectivity index (χ2n) is 15.8. The Kier molecular flexibility index (Phi) is 11.2. The molecule has 7 unspecified atom stereocenters. The summed E-state index contributed by atoms with van der Waals surface area (Å²) >= 11 is 0. The summed E-state index contributed by atoms with van der Waals surface area (Å²) in [7, 11) is -2.48. The van der Waals surface area contributed by atoms with E-state index in [9.17, 15) is 40.8 Å². The van der Waals surface area contributed by atoms with Gasteiger partial charge in [0, 0.05) is 18.4 Å². The maximum absolute atomic E-state index is 14.6. The minimum atomic E-state index is -4.91. The number of alkyl halides is 3. The number of sulfonamides is 1. The van der Waals surface area contributed by atoms with Crippen LogP contribution in [-0.2, 0) is 29.1 Å². The van der Waals surface area contributed by atoms with Gasteiger partial charge in [0.1, 0.15) is 29.5 Å². The van der Waals surface area contributed by atoms with Crippen LogP contribution in [-0.4, -0.2) is 102 Å². The van der Waals surface area contributed by atoms with Crippen LogP contribution in [0.2, 0.25) is 0 Å². The highest BCUT2D eigenvalue weighted by Gasteiger charge is 2.62. The molecule has 3 fully saturated rings. The fourth-order valence-corrected chi connectivity index (χ4v) is 8.46. The summed E-state index contributed by atoms with van der Waals surface area (Å²) in [4.78, 5) is 65.8. The van der Waals surface area contributed by atoms with Crippen LogP contribution >= 0.6 is 0 Å². The van der Waals surface area contributed by atoms with Crippen LogP contribution in [0.1, 0.15) is 72.6 Å². The number of hydrogen-bond donors (Lipinski definition) is 3. The number of methoxy groups -OCH3 is 1. The summed E-state index contributed by atoms with van der Waals surface area (Å²) < 4.78 is 85.1. The Balaban J connectivity index is 1.33. The molecule has 7 atom stereocenters. The molecule has 2 aromatic rings. The van der Waals surface area contributed by atoms with E-state index in [0.29, 0.717) is 62.7 Å². The largest absolute Gasteiger partial charge is 0.497 e. The lowest BCUT2D eigenvalue weighted by molar-refractivity contribution is -0.244. The number of hydrogen-bond acceptors (Lipinski definition) is 11. The molecular formula is C37H47F3N6O9S. The van der Waals surface area contributed by atoms with E-state index in [-0.39, 0.29) is 31.2 Å². The van der Waals surface area contributed by atoms with Gasteiger partial charge in [0.15, 0.2) is 0 Å². The third-order valence-corrected chi connectivity index (χ3v) is 12.8. The number of aromatic nitrogens is 2. The molecule has 6 rings (SSSR count). The van der Waals surface area contributed by atoms with E-state index in [1.54, 1.807) is 31.2 Å². The third-order valence-electron chi connectivity index (χ3n) is 11.0. The standard InChI is InChI=1S/C37H47F3N6O9S/c1-20-7-6-8-21(2)30(43-34(50)55-35(3,4)37(38,39)40)32(48)46-19-24(54-29-18-41-26-14-11-23(53-5)15-27(26)42-29)16-28(46)31(47)44-36(17-22(36)10-9-20)33(49)45-56(51,52)25-12-13-25/h9-11,14-15,18,20-22,24-25,28,30H,6-8,12-13,16-17,19H2,1-5H3,(H,43,50)(H,44,47)(H,45,49). The first-order valence-corrected chi connectivity index (χ1v) is 20.2. The summed E-state index contributed by atoms with van der Waals surface area (Å²) in [5, 5.41) is 4.42. The summed E-state index contributed by atoms with van der Waals surface area (Å²) in [6.07, 6.45) is 0.107. The van der Waals surface area contributed by atoms with Gasteiger partial charge in [-0.05, 0) is 69.9 Å². The number of rotatable bonds is 8. The second-order valence-corrected chi connectivity index (χ2v) is 17.7. The molecule has 19 heteroatoms. The first kappa shape index (κ1) is 41.0. The molecule has 0 bridgehead atoms. The fraction of sp³-hybridized carbons (Fsp3) is 0.622. The third kappa shape index (κ3) is 8.81. The van der Waals surface area contributed by atoms with Crippen LogP contribution in [0, 0.1) is 17.8 Å².